The lowest BCUT2D eigenvalue weighted by atomic mass is 9.81. The van der Waals surface area contributed by atoms with E-state index >= 15 is 0 Å². The van der Waals surface area contributed by atoms with Gasteiger partial charge in [0.05, 0.1) is 0 Å². The van der Waals surface area contributed by atoms with Crippen LogP contribution in [0.25, 0.3) is 0 Å². The van der Waals surface area contributed by atoms with Crippen molar-refractivity contribution in [3.05, 3.63) is 69.7 Å². The second-order valence-corrected chi connectivity index (χ2v) is 6.10. The number of halogens is 1. The Balaban J connectivity index is 2.17. The molecular formula is C18H19ClO. The van der Waals surface area contributed by atoms with Crippen LogP contribution in [0.3, 0.4) is 0 Å². The summed E-state index contributed by atoms with van der Waals surface area (Å²) < 4.78 is 0. The molecule has 1 unspecified atom stereocenters. The van der Waals surface area contributed by atoms with Gasteiger partial charge in [-0.3, -0.25) is 0 Å². The normalized spacial score (nSPS) is 22.1. The van der Waals surface area contributed by atoms with Gasteiger partial charge >= 0.3 is 0 Å². The molecule has 1 N–H and O–H groups in total. The van der Waals surface area contributed by atoms with Crippen LogP contribution < -0.4 is 0 Å². The number of aryl methyl sites for hydroxylation is 2. The number of benzene rings is 2. The summed E-state index contributed by atoms with van der Waals surface area (Å²) >= 11 is 6.25. The van der Waals surface area contributed by atoms with Gasteiger partial charge in [-0.15, -0.1) is 0 Å². The Morgan fingerprint density at radius 2 is 1.90 bits per heavy atom. The molecule has 0 aromatic heterocycles. The van der Waals surface area contributed by atoms with Crippen molar-refractivity contribution in [3.63, 3.8) is 0 Å². The van der Waals surface area contributed by atoms with Gasteiger partial charge < -0.3 is 5.11 Å². The zero-order chi connectivity index (χ0) is 14.2. The van der Waals surface area contributed by atoms with E-state index in [2.05, 4.69) is 12.1 Å². The van der Waals surface area contributed by atoms with E-state index in [1.807, 2.05) is 37.3 Å². The Labute approximate surface area is 125 Å². The van der Waals surface area contributed by atoms with Crippen LogP contribution in [0.4, 0.5) is 0 Å². The lowest BCUT2D eigenvalue weighted by molar-refractivity contribution is 0.0704. The van der Waals surface area contributed by atoms with E-state index in [1.54, 1.807) is 0 Å². The quantitative estimate of drug-likeness (QED) is 0.759. The second-order valence-electron chi connectivity index (χ2n) is 5.69. The van der Waals surface area contributed by atoms with Crippen LogP contribution in [-0.2, 0) is 12.0 Å². The molecule has 0 heterocycles. The van der Waals surface area contributed by atoms with Crippen molar-refractivity contribution in [1.29, 1.82) is 0 Å². The van der Waals surface area contributed by atoms with E-state index in [0.29, 0.717) is 0 Å². The average molecular weight is 287 g/mol. The third kappa shape index (κ3) is 2.25. The molecule has 0 bridgehead atoms. The van der Waals surface area contributed by atoms with Crippen LogP contribution in [0.5, 0.6) is 0 Å². The third-order valence-corrected chi connectivity index (χ3v) is 4.75. The van der Waals surface area contributed by atoms with Crippen LogP contribution in [0.15, 0.2) is 42.5 Å². The summed E-state index contributed by atoms with van der Waals surface area (Å²) in [5, 5.41) is 12.1. The molecule has 1 aliphatic rings. The first kappa shape index (κ1) is 13.7. The largest absolute Gasteiger partial charge is 0.380 e. The molecule has 1 aliphatic carbocycles. The van der Waals surface area contributed by atoms with Gasteiger partial charge in [0, 0.05) is 5.02 Å². The molecule has 1 atom stereocenters. The van der Waals surface area contributed by atoms with E-state index in [1.165, 1.54) is 5.56 Å². The fraction of sp³-hybridized carbons (Fsp3) is 0.333. The van der Waals surface area contributed by atoms with E-state index in [9.17, 15) is 5.11 Å². The Hall–Kier alpha value is -1.31. The SMILES string of the molecule is Cc1ccc(C2(O)CCCCc3ccccc32)cc1Cl. The number of aliphatic hydroxyl groups is 1. The zero-order valence-corrected chi connectivity index (χ0v) is 12.5. The first-order chi connectivity index (χ1) is 9.61. The van der Waals surface area contributed by atoms with Crippen molar-refractivity contribution in [1.82, 2.24) is 0 Å². The van der Waals surface area contributed by atoms with Gasteiger partial charge in [0.25, 0.3) is 0 Å². The molecule has 0 radical (unpaired) electrons. The van der Waals surface area contributed by atoms with Crippen LogP contribution in [0.2, 0.25) is 5.02 Å². The van der Waals surface area contributed by atoms with Gasteiger partial charge in [-0.25, -0.2) is 0 Å². The Morgan fingerprint density at radius 3 is 2.70 bits per heavy atom. The van der Waals surface area contributed by atoms with Crippen molar-refractivity contribution in [3.8, 4) is 0 Å². The second kappa shape index (κ2) is 5.23. The fourth-order valence-corrected chi connectivity index (χ4v) is 3.30. The molecule has 0 aliphatic heterocycles. The van der Waals surface area contributed by atoms with Gasteiger partial charge in [-0.05, 0) is 60.9 Å². The number of fused-ring (bicyclic) bond motifs is 1. The molecule has 0 fully saturated rings. The van der Waals surface area contributed by atoms with Crippen molar-refractivity contribution in [2.45, 2.75) is 38.2 Å². The monoisotopic (exact) mass is 286 g/mol. The van der Waals surface area contributed by atoms with E-state index in [-0.39, 0.29) is 0 Å². The summed E-state index contributed by atoms with van der Waals surface area (Å²) in [6.45, 7) is 1.98. The molecular weight excluding hydrogens is 268 g/mol. The molecule has 2 aromatic carbocycles. The van der Waals surface area contributed by atoms with Crippen molar-refractivity contribution < 1.29 is 5.11 Å². The summed E-state index contributed by atoms with van der Waals surface area (Å²) in [4.78, 5) is 0. The highest BCUT2D eigenvalue weighted by Crippen LogP contribution is 2.40. The van der Waals surface area contributed by atoms with Crippen LogP contribution >= 0.6 is 11.6 Å². The van der Waals surface area contributed by atoms with Gasteiger partial charge in [0.15, 0.2) is 0 Å². The minimum atomic E-state index is -0.912. The first-order valence-electron chi connectivity index (χ1n) is 7.19. The minimum Gasteiger partial charge on any atom is -0.380 e. The maximum atomic E-state index is 11.3. The van der Waals surface area contributed by atoms with Gasteiger partial charge in [-0.2, -0.15) is 0 Å². The third-order valence-electron chi connectivity index (χ3n) is 4.35. The minimum absolute atomic E-state index is 0.720. The molecule has 0 amide bonds. The summed E-state index contributed by atoms with van der Waals surface area (Å²) in [5.74, 6) is 0. The van der Waals surface area contributed by atoms with Gasteiger partial charge in [0.1, 0.15) is 5.60 Å². The molecule has 0 saturated heterocycles. The smallest absolute Gasteiger partial charge is 0.115 e. The number of rotatable bonds is 1. The van der Waals surface area contributed by atoms with E-state index < -0.39 is 5.60 Å². The molecule has 2 aromatic rings. The van der Waals surface area contributed by atoms with Crippen molar-refractivity contribution in [2.24, 2.45) is 0 Å². The van der Waals surface area contributed by atoms with Crippen molar-refractivity contribution in [2.75, 3.05) is 0 Å². The Kier molecular flexibility index (Phi) is 3.57. The standard InChI is InChI=1S/C18H19ClO/c1-13-9-10-15(12-17(13)19)18(20)11-5-4-7-14-6-2-3-8-16(14)18/h2-3,6,8-10,12,20H,4-5,7,11H2,1H3. The molecule has 3 rings (SSSR count). The highest BCUT2D eigenvalue weighted by molar-refractivity contribution is 6.31. The van der Waals surface area contributed by atoms with Gasteiger partial charge in [0.2, 0.25) is 0 Å². The lowest BCUT2D eigenvalue weighted by Gasteiger charge is -2.30. The molecule has 2 heteroatoms. The summed E-state index contributed by atoms with van der Waals surface area (Å²) in [5.41, 5.74) is 3.33. The predicted molar refractivity (Wildman–Crippen MR) is 83.2 cm³/mol. The molecule has 20 heavy (non-hydrogen) atoms. The molecule has 0 spiro atoms. The van der Waals surface area contributed by atoms with Crippen LogP contribution in [0.1, 0.15) is 41.5 Å². The van der Waals surface area contributed by atoms with E-state index in [0.717, 1.165) is 47.4 Å². The Morgan fingerprint density at radius 1 is 1.10 bits per heavy atom. The maximum Gasteiger partial charge on any atom is 0.115 e. The Bertz CT molecular complexity index is 635. The van der Waals surface area contributed by atoms with Crippen molar-refractivity contribution >= 4 is 11.6 Å². The predicted octanol–water partition coefficient (Wildman–Crippen LogP) is 4.61. The molecule has 104 valence electrons. The zero-order valence-electron chi connectivity index (χ0n) is 11.7. The number of hydrogen-bond acceptors (Lipinski definition) is 1. The van der Waals surface area contributed by atoms with Crippen LogP contribution in [-0.4, -0.2) is 5.11 Å². The lowest BCUT2D eigenvalue weighted by Crippen LogP contribution is -2.27. The van der Waals surface area contributed by atoms with Crippen LogP contribution in [0, 0.1) is 6.92 Å². The average Bonchev–Trinajstić information content (AvgIpc) is 2.63. The van der Waals surface area contributed by atoms with E-state index in [4.69, 9.17) is 11.6 Å². The highest BCUT2D eigenvalue weighted by atomic mass is 35.5. The molecule has 0 saturated carbocycles. The first-order valence-corrected chi connectivity index (χ1v) is 7.56. The van der Waals surface area contributed by atoms with Gasteiger partial charge in [-0.1, -0.05) is 48.0 Å². The highest BCUT2D eigenvalue weighted by Gasteiger charge is 2.34. The topological polar surface area (TPSA) is 20.2 Å². The summed E-state index contributed by atoms with van der Waals surface area (Å²) in [7, 11) is 0. The fourth-order valence-electron chi connectivity index (χ4n) is 3.12. The number of hydrogen-bond donors (Lipinski definition) is 1. The summed E-state index contributed by atoms with van der Waals surface area (Å²) in [6, 6.07) is 14.1. The summed E-state index contributed by atoms with van der Waals surface area (Å²) in [6.07, 6.45) is 3.94. The molecule has 1 nitrogen and oxygen atoms in total. The maximum absolute atomic E-state index is 11.3.